The maximum Gasteiger partial charge on any atom is 0.251 e. The van der Waals surface area contributed by atoms with Gasteiger partial charge in [-0.25, -0.2) is 0 Å². The Morgan fingerprint density at radius 3 is 2.43 bits per heavy atom. The molecule has 2 aliphatic heterocycles. The second kappa shape index (κ2) is 7.75. The first kappa shape index (κ1) is 16.2. The molecule has 6 heteroatoms. The van der Waals surface area contributed by atoms with Gasteiger partial charge in [0.2, 0.25) is 5.91 Å². The minimum Gasteiger partial charge on any atom is -0.368 e. The Bertz CT molecular complexity index is 359. The summed E-state index contributed by atoms with van der Waals surface area (Å²) in [6.07, 6.45) is 2.08. The van der Waals surface area contributed by atoms with Crippen LogP contribution in [0, 0.1) is 0 Å². The highest BCUT2D eigenvalue weighted by Crippen LogP contribution is 2.16. The summed E-state index contributed by atoms with van der Waals surface area (Å²) in [5, 5.41) is 3.25. The van der Waals surface area contributed by atoms with Crippen molar-refractivity contribution in [1.82, 2.24) is 15.1 Å². The Morgan fingerprint density at radius 1 is 1.19 bits per heavy atom. The monoisotopic (exact) mass is 297 g/mol. The summed E-state index contributed by atoms with van der Waals surface area (Å²) < 4.78 is 5.44. The third-order valence-electron chi connectivity index (χ3n) is 4.04. The average Bonchev–Trinajstić information content (AvgIpc) is 3.00. The fourth-order valence-corrected chi connectivity index (χ4v) is 2.78. The van der Waals surface area contributed by atoms with Crippen molar-refractivity contribution in [1.29, 1.82) is 0 Å². The van der Waals surface area contributed by atoms with Crippen LogP contribution in [-0.2, 0) is 14.3 Å². The molecule has 2 heterocycles. The minimum atomic E-state index is -0.248. The number of hydrogen-bond acceptors (Lipinski definition) is 4. The van der Waals surface area contributed by atoms with Gasteiger partial charge in [0.15, 0.2) is 0 Å². The first-order valence-corrected chi connectivity index (χ1v) is 7.99. The van der Waals surface area contributed by atoms with Crippen LogP contribution >= 0.6 is 0 Å². The highest BCUT2D eigenvalue weighted by Gasteiger charge is 2.31. The minimum absolute atomic E-state index is 0.0982. The molecule has 0 aliphatic carbocycles. The van der Waals surface area contributed by atoms with Crippen LogP contribution in [0.2, 0.25) is 0 Å². The van der Waals surface area contributed by atoms with E-state index in [4.69, 9.17) is 4.74 Å². The van der Waals surface area contributed by atoms with Crippen molar-refractivity contribution >= 4 is 11.8 Å². The second-order valence-electron chi connectivity index (χ2n) is 6.07. The van der Waals surface area contributed by atoms with Crippen molar-refractivity contribution in [2.75, 3.05) is 39.3 Å². The lowest BCUT2D eigenvalue weighted by atomic mass is 10.2. The van der Waals surface area contributed by atoms with Crippen LogP contribution in [0.4, 0.5) is 0 Å². The quantitative estimate of drug-likeness (QED) is 0.789. The lowest BCUT2D eigenvalue weighted by molar-refractivity contribution is -0.146. The summed E-state index contributed by atoms with van der Waals surface area (Å²) in [6.45, 7) is 8.07. The van der Waals surface area contributed by atoms with Crippen LogP contribution in [0.5, 0.6) is 0 Å². The molecule has 2 saturated heterocycles. The summed E-state index contributed by atoms with van der Waals surface area (Å²) in [4.78, 5) is 28.0. The Balaban J connectivity index is 1.69. The maximum absolute atomic E-state index is 12.2. The largest absolute Gasteiger partial charge is 0.368 e. The molecule has 0 aromatic rings. The first-order valence-electron chi connectivity index (χ1n) is 7.99. The van der Waals surface area contributed by atoms with Crippen molar-refractivity contribution in [3.63, 3.8) is 0 Å². The van der Waals surface area contributed by atoms with E-state index in [0.717, 1.165) is 12.8 Å². The molecule has 120 valence electrons. The van der Waals surface area contributed by atoms with Gasteiger partial charge in [0, 0.05) is 51.8 Å². The second-order valence-corrected chi connectivity index (χ2v) is 6.07. The van der Waals surface area contributed by atoms with Crippen molar-refractivity contribution in [2.24, 2.45) is 0 Å². The number of hydrogen-bond donors (Lipinski definition) is 1. The summed E-state index contributed by atoms with van der Waals surface area (Å²) in [6, 6.07) is 0.402. The first-order chi connectivity index (χ1) is 10.1. The van der Waals surface area contributed by atoms with Crippen LogP contribution in [-0.4, -0.2) is 73.1 Å². The number of rotatable bonds is 5. The van der Waals surface area contributed by atoms with Gasteiger partial charge in [-0.2, -0.15) is 0 Å². The van der Waals surface area contributed by atoms with E-state index in [2.05, 4.69) is 19.2 Å². The molecule has 21 heavy (non-hydrogen) atoms. The topological polar surface area (TPSA) is 61.9 Å². The van der Waals surface area contributed by atoms with Crippen LogP contribution in [0.1, 0.15) is 33.1 Å². The summed E-state index contributed by atoms with van der Waals surface area (Å²) in [5.41, 5.74) is 0. The molecule has 0 saturated carbocycles. The molecule has 2 aliphatic rings. The third kappa shape index (κ3) is 4.68. The van der Waals surface area contributed by atoms with Gasteiger partial charge in [0.25, 0.3) is 5.91 Å². The van der Waals surface area contributed by atoms with Gasteiger partial charge in [-0.15, -0.1) is 0 Å². The molecule has 0 aromatic heterocycles. The molecule has 1 N–H and O–H groups in total. The lowest BCUT2D eigenvalue weighted by Crippen LogP contribution is -2.53. The average molecular weight is 297 g/mol. The van der Waals surface area contributed by atoms with Crippen molar-refractivity contribution in [2.45, 2.75) is 45.3 Å². The van der Waals surface area contributed by atoms with E-state index in [0.29, 0.717) is 51.8 Å². The van der Waals surface area contributed by atoms with E-state index in [9.17, 15) is 9.59 Å². The highest BCUT2D eigenvalue weighted by atomic mass is 16.5. The van der Waals surface area contributed by atoms with Gasteiger partial charge in [-0.1, -0.05) is 13.8 Å². The Labute approximate surface area is 126 Å². The number of ether oxygens (including phenoxy) is 1. The van der Waals surface area contributed by atoms with Crippen LogP contribution in [0.3, 0.4) is 0 Å². The molecule has 1 atom stereocenters. The smallest absolute Gasteiger partial charge is 0.251 e. The molecule has 0 radical (unpaired) electrons. The summed E-state index contributed by atoms with van der Waals surface area (Å²) >= 11 is 0. The van der Waals surface area contributed by atoms with Gasteiger partial charge in [0.05, 0.1) is 0 Å². The summed E-state index contributed by atoms with van der Waals surface area (Å²) in [7, 11) is 0. The molecule has 2 rings (SSSR count). The number of nitrogens with one attached hydrogen (secondary N) is 1. The standard InChI is InChI=1S/C15H27N3O3/c1-12(2)16-6-5-14(19)17-7-9-18(10-8-17)15(20)13-4-3-11-21-13/h12-13,16H,3-11H2,1-2H3. The zero-order valence-corrected chi connectivity index (χ0v) is 13.1. The number of carbonyl (C=O) groups is 2. The fraction of sp³-hybridized carbons (Fsp3) is 0.867. The van der Waals surface area contributed by atoms with E-state index in [-0.39, 0.29) is 17.9 Å². The molecule has 2 fully saturated rings. The predicted octanol–water partition coefficient (Wildman–Crippen LogP) is 0.224. The molecule has 1 unspecified atom stereocenters. The number of carbonyl (C=O) groups excluding carboxylic acids is 2. The van der Waals surface area contributed by atoms with Crippen LogP contribution in [0.25, 0.3) is 0 Å². The van der Waals surface area contributed by atoms with E-state index in [1.54, 1.807) is 0 Å². The van der Waals surface area contributed by atoms with Crippen LogP contribution in [0.15, 0.2) is 0 Å². The van der Waals surface area contributed by atoms with Crippen molar-refractivity contribution < 1.29 is 14.3 Å². The number of amides is 2. The van der Waals surface area contributed by atoms with Gasteiger partial charge in [-0.05, 0) is 12.8 Å². The van der Waals surface area contributed by atoms with Gasteiger partial charge in [-0.3, -0.25) is 9.59 Å². The fourth-order valence-electron chi connectivity index (χ4n) is 2.78. The Morgan fingerprint density at radius 2 is 1.86 bits per heavy atom. The van der Waals surface area contributed by atoms with E-state index in [1.165, 1.54) is 0 Å². The SMILES string of the molecule is CC(C)NCCC(=O)N1CCN(C(=O)C2CCCO2)CC1. The summed E-state index contributed by atoms with van der Waals surface area (Å²) in [5.74, 6) is 0.272. The zero-order valence-electron chi connectivity index (χ0n) is 13.1. The number of piperazine rings is 1. The van der Waals surface area contributed by atoms with Crippen LogP contribution < -0.4 is 5.32 Å². The third-order valence-corrected chi connectivity index (χ3v) is 4.04. The Kier molecular flexibility index (Phi) is 5.99. The highest BCUT2D eigenvalue weighted by molar-refractivity contribution is 5.82. The Hall–Kier alpha value is -1.14. The lowest BCUT2D eigenvalue weighted by Gasteiger charge is -2.35. The molecule has 6 nitrogen and oxygen atoms in total. The van der Waals surface area contributed by atoms with E-state index in [1.807, 2.05) is 9.80 Å². The van der Waals surface area contributed by atoms with Crippen molar-refractivity contribution in [3.05, 3.63) is 0 Å². The van der Waals surface area contributed by atoms with E-state index < -0.39 is 0 Å². The zero-order chi connectivity index (χ0) is 15.2. The van der Waals surface area contributed by atoms with E-state index >= 15 is 0 Å². The normalized spacial score (nSPS) is 22.9. The van der Waals surface area contributed by atoms with Crippen molar-refractivity contribution in [3.8, 4) is 0 Å². The molecule has 0 bridgehead atoms. The van der Waals surface area contributed by atoms with Gasteiger partial charge in [0.1, 0.15) is 6.10 Å². The van der Waals surface area contributed by atoms with Gasteiger partial charge < -0.3 is 19.9 Å². The maximum atomic E-state index is 12.2. The molecule has 2 amide bonds. The predicted molar refractivity (Wildman–Crippen MR) is 79.9 cm³/mol. The number of nitrogens with zero attached hydrogens (tertiary/aromatic N) is 2. The molecule has 0 spiro atoms. The molecular formula is C15H27N3O3. The molecule has 0 aromatic carbocycles. The molecular weight excluding hydrogens is 270 g/mol. The van der Waals surface area contributed by atoms with Gasteiger partial charge >= 0.3 is 0 Å².